The van der Waals surface area contributed by atoms with Crippen molar-refractivity contribution in [1.82, 2.24) is 10.2 Å². The van der Waals surface area contributed by atoms with E-state index in [-0.39, 0.29) is 0 Å². The Hall–Kier alpha value is -0.610. The molecule has 1 fully saturated rings. The molecule has 1 rings (SSSR count). The number of carbonyl (C=O) groups is 1. The van der Waals surface area contributed by atoms with Crippen molar-refractivity contribution in [2.24, 2.45) is 5.92 Å². The molecular weight excluding hydrogens is 228 g/mol. The SMILES string of the molecule is CNC(C)(CCCCN(C)CC1CCC1)C(=O)O. The van der Waals surface area contributed by atoms with Gasteiger partial charge in [0.1, 0.15) is 5.54 Å². The van der Waals surface area contributed by atoms with Gasteiger partial charge in [0.25, 0.3) is 0 Å². The van der Waals surface area contributed by atoms with Gasteiger partial charge in [-0.05, 0) is 65.6 Å². The van der Waals surface area contributed by atoms with Crippen LogP contribution >= 0.6 is 0 Å². The number of nitrogens with zero attached hydrogens (tertiary/aromatic N) is 1. The highest BCUT2D eigenvalue weighted by Crippen LogP contribution is 2.26. The summed E-state index contributed by atoms with van der Waals surface area (Å²) in [5.74, 6) is 0.157. The molecule has 1 aliphatic rings. The Balaban J connectivity index is 2.11. The third kappa shape index (κ3) is 4.58. The fourth-order valence-corrected chi connectivity index (χ4v) is 2.41. The van der Waals surface area contributed by atoms with Crippen LogP contribution in [0.1, 0.15) is 45.4 Å². The van der Waals surface area contributed by atoms with Crippen molar-refractivity contribution < 1.29 is 9.90 Å². The van der Waals surface area contributed by atoms with Crippen molar-refractivity contribution in [3.05, 3.63) is 0 Å². The summed E-state index contributed by atoms with van der Waals surface area (Å²) in [4.78, 5) is 13.5. The van der Waals surface area contributed by atoms with Crippen molar-refractivity contribution >= 4 is 5.97 Å². The largest absolute Gasteiger partial charge is 0.480 e. The quantitative estimate of drug-likeness (QED) is 0.619. The Kier molecular flexibility index (Phi) is 6.09. The maximum Gasteiger partial charge on any atom is 0.323 e. The summed E-state index contributed by atoms with van der Waals surface area (Å²) in [6.07, 6.45) is 6.91. The highest BCUT2D eigenvalue weighted by molar-refractivity contribution is 5.78. The topological polar surface area (TPSA) is 52.6 Å². The van der Waals surface area contributed by atoms with Crippen LogP contribution in [-0.2, 0) is 4.79 Å². The number of likely N-dealkylation sites (N-methyl/N-ethyl adjacent to an activating group) is 1. The average Bonchev–Trinajstić information content (AvgIpc) is 2.29. The smallest absolute Gasteiger partial charge is 0.323 e. The van der Waals surface area contributed by atoms with Crippen LogP contribution in [0.2, 0.25) is 0 Å². The van der Waals surface area contributed by atoms with E-state index in [0.29, 0.717) is 6.42 Å². The predicted molar refractivity (Wildman–Crippen MR) is 73.8 cm³/mol. The van der Waals surface area contributed by atoms with E-state index < -0.39 is 11.5 Å². The van der Waals surface area contributed by atoms with Gasteiger partial charge in [0, 0.05) is 6.54 Å². The van der Waals surface area contributed by atoms with Gasteiger partial charge in [0.2, 0.25) is 0 Å². The standard InChI is InChI=1S/C14H28N2O2/c1-14(15-2,13(17)18)9-4-5-10-16(3)11-12-7-6-8-12/h12,15H,4-11H2,1-3H3,(H,17,18). The molecule has 4 heteroatoms. The number of aliphatic carboxylic acids is 1. The van der Waals surface area contributed by atoms with Crippen molar-refractivity contribution in [2.45, 2.75) is 51.0 Å². The highest BCUT2D eigenvalue weighted by atomic mass is 16.4. The van der Waals surface area contributed by atoms with Crippen LogP contribution in [0.25, 0.3) is 0 Å². The van der Waals surface area contributed by atoms with E-state index in [1.165, 1.54) is 25.8 Å². The Morgan fingerprint density at radius 1 is 1.44 bits per heavy atom. The van der Waals surface area contributed by atoms with E-state index in [1.807, 2.05) is 0 Å². The second-order valence-corrected chi connectivity index (χ2v) is 5.90. The van der Waals surface area contributed by atoms with Gasteiger partial charge in [-0.25, -0.2) is 0 Å². The Morgan fingerprint density at radius 2 is 2.11 bits per heavy atom. The number of carboxylic acid groups (broad SMARTS) is 1. The number of hydrogen-bond acceptors (Lipinski definition) is 3. The molecule has 0 amide bonds. The predicted octanol–water partition coefficient (Wildman–Crippen LogP) is 1.95. The maximum absolute atomic E-state index is 11.1. The van der Waals surface area contributed by atoms with Gasteiger partial charge < -0.3 is 15.3 Å². The van der Waals surface area contributed by atoms with Crippen LogP contribution in [0.15, 0.2) is 0 Å². The van der Waals surface area contributed by atoms with Crippen LogP contribution in [-0.4, -0.2) is 48.7 Å². The molecule has 0 radical (unpaired) electrons. The summed E-state index contributed by atoms with van der Waals surface area (Å²) < 4.78 is 0. The van der Waals surface area contributed by atoms with Crippen molar-refractivity contribution in [3.63, 3.8) is 0 Å². The molecule has 0 aliphatic heterocycles. The molecule has 0 spiro atoms. The summed E-state index contributed by atoms with van der Waals surface area (Å²) in [6.45, 7) is 4.05. The van der Waals surface area contributed by atoms with E-state index in [1.54, 1.807) is 14.0 Å². The zero-order valence-corrected chi connectivity index (χ0v) is 12.0. The molecule has 0 aromatic rings. The monoisotopic (exact) mass is 256 g/mol. The molecule has 0 saturated heterocycles. The molecule has 1 saturated carbocycles. The van der Waals surface area contributed by atoms with Gasteiger partial charge in [0.05, 0.1) is 0 Å². The molecule has 0 aromatic carbocycles. The second kappa shape index (κ2) is 7.10. The number of rotatable bonds is 9. The minimum absolute atomic E-state index is 0.691. The van der Waals surface area contributed by atoms with Gasteiger partial charge in [-0.3, -0.25) is 4.79 Å². The van der Waals surface area contributed by atoms with Gasteiger partial charge in [-0.1, -0.05) is 6.42 Å². The third-order valence-corrected chi connectivity index (χ3v) is 4.29. The molecule has 106 valence electrons. The molecule has 2 N–H and O–H groups in total. The number of hydrogen-bond donors (Lipinski definition) is 2. The minimum Gasteiger partial charge on any atom is -0.480 e. The first-order chi connectivity index (χ1) is 8.48. The Morgan fingerprint density at radius 3 is 2.56 bits per heavy atom. The minimum atomic E-state index is -0.771. The van der Waals surface area contributed by atoms with Crippen molar-refractivity contribution in [3.8, 4) is 0 Å². The third-order valence-electron chi connectivity index (χ3n) is 4.29. The van der Waals surface area contributed by atoms with Crippen molar-refractivity contribution in [1.29, 1.82) is 0 Å². The van der Waals surface area contributed by atoms with E-state index in [2.05, 4.69) is 17.3 Å². The van der Waals surface area contributed by atoms with Crippen LogP contribution in [0, 0.1) is 5.92 Å². The normalized spacial score (nSPS) is 19.6. The zero-order valence-electron chi connectivity index (χ0n) is 12.0. The van der Waals surface area contributed by atoms with Crippen LogP contribution < -0.4 is 5.32 Å². The number of nitrogens with one attached hydrogen (secondary N) is 1. The first-order valence-electron chi connectivity index (χ1n) is 7.09. The van der Waals surface area contributed by atoms with E-state index >= 15 is 0 Å². The van der Waals surface area contributed by atoms with E-state index in [0.717, 1.165) is 25.3 Å². The summed E-state index contributed by atoms with van der Waals surface area (Å²) in [5, 5.41) is 12.0. The number of carboxylic acids is 1. The summed E-state index contributed by atoms with van der Waals surface area (Å²) >= 11 is 0. The van der Waals surface area contributed by atoms with E-state index in [9.17, 15) is 4.79 Å². The summed E-state index contributed by atoms with van der Waals surface area (Å²) in [7, 11) is 3.89. The van der Waals surface area contributed by atoms with Gasteiger partial charge in [-0.2, -0.15) is 0 Å². The number of unbranched alkanes of at least 4 members (excludes halogenated alkanes) is 1. The maximum atomic E-state index is 11.1. The lowest BCUT2D eigenvalue weighted by Crippen LogP contribution is -2.47. The lowest BCUT2D eigenvalue weighted by Gasteiger charge is -2.30. The first-order valence-corrected chi connectivity index (χ1v) is 7.09. The highest BCUT2D eigenvalue weighted by Gasteiger charge is 2.30. The lowest BCUT2D eigenvalue weighted by molar-refractivity contribution is -0.144. The van der Waals surface area contributed by atoms with Crippen LogP contribution in [0.4, 0.5) is 0 Å². The molecule has 1 aliphatic carbocycles. The van der Waals surface area contributed by atoms with Gasteiger partial charge in [0.15, 0.2) is 0 Å². The molecule has 18 heavy (non-hydrogen) atoms. The second-order valence-electron chi connectivity index (χ2n) is 5.90. The first kappa shape index (κ1) is 15.4. The lowest BCUT2D eigenvalue weighted by atomic mass is 9.85. The fourth-order valence-electron chi connectivity index (χ4n) is 2.41. The van der Waals surface area contributed by atoms with Crippen LogP contribution in [0.3, 0.4) is 0 Å². The summed E-state index contributed by atoms with van der Waals surface area (Å²) in [6, 6.07) is 0. The molecule has 1 unspecified atom stereocenters. The average molecular weight is 256 g/mol. The van der Waals surface area contributed by atoms with Gasteiger partial charge >= 0.3 is 5.97 Å². The Labute approximate surface area is 111 Å². The zero-order chi connectivity index (χ0) is 13.6. The molecule has 4 nitrogen and oxygen atoms in total. The molecule has 0 bridgehead atoms. The molecule has 0 heterocycles. The fraction of sp³-hybridized carbons (Fsp3) is 0.929. The Bertz CT molecular complexity index is 267. The van der Waals surface area contributed by atoms with Crippen LogP contribution in [0.5, 0.6) is 0 Å². The molecular formula is C14H28N2O2. The summed E-state index contributed by atoms with van der Waals surface area (Å²) in [5.41, 5.74) is -0.771. The van der Waals surface area contributed by atoms with Gasteiger partial charge in [-0.15, -0.1) is 0 Å². The van der Waals surface area contributed by atoms with E-state index in [4.69, 9.17) is 5.11 Å². The molecule has 0 aromatic heterocycles. The van der Waals surface area contributed by atoms with Crippen molar-refractivity contribution in [2.75, 3.05) is 27.2 Å². The molecule has 1 atom stereocenters.